The second-order valence-electron chi connectivity index (χ2n) is 6.46. The Balaban J connectivity index is 1.62. The highest BCUT2D eigenvalue weighted by Gasteiger charge is 2.03. The summed E-state index contributed by atoms with van der Waals surface area (Å²) >= 11 is 0. The number of aryl methyl sites for hydroxylation is 1. The van der Waals surface area contributed by atoms with E-state index >= 15 is 0 Å². The average molecular weight is 380 g/mol. The lowest BCUT2D eigenvalue weighted by atomic mass is 10.1. The van der Waals surface area contributed by atoms with Crippen molar-refractivity contribution in [2.45, 2.75) is 33.4 Å². The van der Waals surface area contributed by atoms with Crippen LogP contribution in [0.3, 0.4) is 0 Å². The second-order valence-corrected chi connectivity index (χ2v) is 6.46. The van der Waals surface area contributed by atoms with Crippen molar-refractivity contribution in [3.05, 3.63) is 54.1 Å². The second kappa shape index (κ2) is 9.73. The van der Waals surface area contributed by atoms with E-state index in [1.54, 1.807) is 13.4 Å². The van der Waals surface area contributed by atoms with Crippen LogP contribution < -0.4 is 15.4 Å². The van der Waals surface area contributed by atoms with E-state index in [1.807, 2.05) is 12.1 Å². The van der Waals surface area contributed by atoms with E-state index in [0.29, 0.717) is 6.54 Å². The van der Waals surface area contributed by atoms with Crippen molar-refractivity contribution in [2.24, 2.45) is 4.99 Å². The summed E-state index contributed by atoms with van der Waals surface area (Å²) < 4.78 is 7.35. The van der Waals surface area contributed by atoms with E-state index in [9.17, 15) is 0 Å². The molecule has 0 unspecified atom stereocenters. The van der Waals surface area contributed by atoms with Crippen LogP contribution in [0.4, 0.5) is 0 Å². The van der Waals surface area contributed by atoms with Gasteiger partial charge in [-0.3, -0.25) is 0 Å². The summed E-state index contributed by atoms with van der Waals surface area (Å²) in [5, 5.41) is 17.1. The van der Waals surface area contributed by atoms with E-state index in [4.69, 9.17) is 9.73 Å². The van der Waals surface area contributed by atoms with Crippen LogP contribution in [-0.4, -0.2) is 40.9 Å². The first-order valence-electron chi connectivity index (χ1n) is 9.69. The van der Waals surface area contributed by atoms with E-state index in [1.165, 1.54) is 10.9 Å². The topological polar surface area (TPSA) is 76.4 Å². The van der Waals surface area contributed by atoms with Gasteiger partial charge in [-0.2, -0.15) is 0 Å². The third-order valence-corrected chi connectivity index (χ3v) is 4.53. The third kappa shape index (κ3) is 5.00. The first-order chi connectivity index (χ1) is 13.7. The summed E-state index contributed by atoms with van der Waals surface area (Å²) in [6, 6.07) is 12.5. The number of hydrogen-bond donors (Lipinski definition) is 2. The smallest absolute Gasteiger partial charge is 0.191 e. The molecule has 2 N–H and O–H groups in total. The number of fused-ring (bicyclic) bond motifs is 1. The summed E-state index contributed by atoms with van der Waals surface area (Å²) in [6.07, 6.45) is 2.65. The summed E-state index contributed by atoms with van der Waals surface area (Å²) in [6.45, 7) is 7.14. The van der Waals surface area contributed by atoms with Gasteiger partial charge in [-0.05, 0) is 41.5 Å². The fourth-order valence-corrected chi connectivity index (χ4v) is 3.04. The van der Waals surface area contributed by atoms with Gasteiger partial charge in [0.1, 0.15) is 17.9 Å². The molecule has 28 heavy (non-hydrogen) atoms. The molecule has 0 saturated carbocycles. The number of nitrogens with zero attached hydrogens (tertiary/aromatic N) is 4. The monoisotopic (exact) mass is 380 g/mol. The van der Waals surface area contributed by atoms with Crippen molar-refractivity contribution in [1.29, 1.82) is 0 Å². The molecule has 7 nitrogen and oxygen atoms in total. The zero-order chi connectivity index (χ0) is 19.8. The Morgan fingerprint density at radius 2 is 1.93 bits per heavy atom. The molecular weight excluding hydrogens is 352 g/mol. The van der Waals surface area contributed by atoms with Gasteiger partial charge in [0.05, 0.1) is 13.7 Å². The van der Waals surface area contributed by atoms with Crippen molar-refractivity contribution in [3.63, 3.8) is 0 Å². The maximum absolute atomic E-state index is 5.29. The van der Waals surface area contributed by atoms with Crippen LogP contribution in [0.5, 0.6) is 5.75 Å². The van der Waals surface area contributed by atoms with Gasteiger partial charge in [0.15, 0.2) is 5.96 Å². The standard InChI is InChI=1S/C21H28N6O/c1-4-20-26-25-15-27(20)11-10-23-21(22-5-2)24-14-16-6-7-18-13-19(28-3)9-8-17(18)12-16/h6-9,12-13,15H,4-5,10-11,14H2,1-3H3,(H2,22,23,24). The molecule has 1 aromatic heterocycles. The molecule has 0 fully saturated rings. The summed E-state index contributed by atoms with van der Waals surface area (Å²) in [4.78, 5) is 4.71. The van der Waals surface area contributed by atoms with Crippen LogP contribution in [0.25, 0.3) is 10.8 Å². The van der Waals surface area contributed by atoms with Crippen LogP contribution >= 0.6 is 0 Å². The van der Waals surface area contributed by atoms with E-state index < -0.39 is 0 Å². The SMILES string of the molecule is CCNC(=NCc1ccc2cc(OC)ccc2c1)NCCn1cnnc1CC. The number of guanidine groups is 1. The van der Waals surface area contributed by atoms with Crippen molar-refractivity contribution < 1.29 is 4.74 Å². The van der Waals surface area contributed by atoms with Gasteiger partial charge in [0, 0.05) is 26.1 Å². The van der Waals surface area contributed by atoms with Gasteiger partial charge in [0.2, 0.25) is 0 Å². The van der Waals surface area contributed by atoms with Crippen molar-refractivity contribution in [3.8, 4) is 5.75 Å². The highest BCUT2D eigenvalue weighted by Crippen LogP contribution is 2.22. The maximum atomic E-state index is 5.29. The van der Waals surface area contributed by atoms with Gasteiger partial charge >= 0.3 is 0 Å². The minimum absolute atomic E-state index is 0.615. The molecule has 148 valence electrons. The fraction of sp³-hybridized carbons (Fsp3) is 0.381. The predicted molar refractivity (Wildman–Crippen MR) is 113 cm³/mol. The van der Waals surface area contributed by atoms with Crippen LogP contribution in [0.15, 0.2) is 47.7 Å². The van der Waals surface area contributed by atoms with E-state index in [-0.39, 0.29) is 0 Å². The average Bonchev–Trinajstić information content (AvgIpc) is 3.19. The lowest BCUT2D eigenvalue weighted by Crippen LogP contribution is -2.38. The molecule has 0 aliphatic carbocycles. The molecule has 2 aromatic carbocycles. The Hall–Kier alpha value is -3.09. The summed E-state index contributed by atoms with van der Waals surface area (Å²) in [7, 11) is 1.69. The molecule has 7 heteroatoms. The number of rotatable bonds is 8. The van der Waals surface area contributed by atoms with E-state index in [0.717, 1.165) is 49.0 Å². The van der Waals surface area contributed by atoms with Crippen molar-refractivity contribution >= 4 is 16.7 Å². The Kier molecular flexibility index (Phi) is 6.84. The number of nitrogens with one attached hydrogen (secondary N) is 2. The van der Waals surface area contributed by atoms with Crippen LogP contribution in [0, 0.1) is 0 Å². The van der Waals surface area contributed by atoms with Gasteiger partial charge in [-0.1, -0.05) is 25.1 Å². The molecule has 0 amide bonds. The van der Waals surface area contributed by atoms with Gasteiger partial charge in [-0.25, -0.2) is 4.99 Å². The Bertz CT molecular complexity index is 934. The number of aliphatic imine (C=N–C) groups is 1. The highest BCUT2D eigenvalue weighted by molar-refractivity contribution is 5.84. The van der Waals surface area contributed by atoms with Crippen LogP contribution in [0.1, 0.15) is 25.2 Å². The molecule has 3 aromatic rings. The number of methoxy groups -OCH3 is 1. The Morgan fingerprint density at radius 1 is 1.11 bits per heavy atom. The minimum Gasteiger partial charge on any atom is -0.497 e. The molecule has 1 heterocycles. The summed E-state index contributed by atoms with van der Waals surface area (Å²) in [5.41, 5.74) is 1.17. The van der Waals surface area contributed by atoms with Crippen molar-refractivity contribution in [1.82, 2.24) is 25.4 Å². The normalized spacial score (nSPS) is 11.6. The summed E-state index contributed by atoms with van der Waals surface area (Å²) in [5.74, 6) is 2.68. The zero-order valence-electron chi connectivity index (χ0n) is 16.8. The third-order valence-electron chi connectivity index (χ3n) is 4.53. The predicted octanol–water partition coefficient (Wildman–Crippen LogP) is 2.76. The van der Waals surface area contributed by atoms with Gasteiger partial charge < -0.3 is 19.9 Å². The molecule has 0 radical (unpaired) electrons. The van der Waals surface area contributed by atoms with Crippen LogP contribution in [-0.2, 0) is 19.5 Å². The van der Waals surface area contributed by atoms with E-state index in [2.05, 4.69) is 63.5 Å². The maximum Gasteiger partial charge on any atom is 0.191 e. The molecule has 0 atom stereocenters. The molecule has 0 bridgehead atoms. The van der Waals surface area contributed by atoms with Crippen LogP contribution in [0.2, 0.25) is 0 Å². The molecule has 0 saturated heterocycles. The molecule has 3 rings (SSSR count). The molecule has 0 aliphatic rings. The zero-order valence-corrected chi connectivity index (χ0v) is 16.8. The van der Waals surface area contributed by atoms with Crippen molar-refractivity contribution in [2.75, 3.05) is 20.2 Å². The number of benzene rings is 2. The number of hydrogen-bond acceptors (Lipinski definition) is 4. The fourth-order valence-electron chi connectivity index (χ4n) is 3.04. The number of ether oxygens (including phenoxy) is 1. The molecular formula is C21H28N6O. The minimum atomic E-state index is 0.615. The van der Waals surface area contributed by atoms with Gasteiger partial charge in [0.25, 0.3) is 0 Å². The first kappa shape index (κ1) is 19.7. The Morgan fingerprint density at radius 3 is 2.71 bits per heavy atom. The van der Waals surface area contributed by atoms with Gasteiger partial charge in [-0.15, -0.1) is 10.2 Å². The Labute approximate surface area is 165 Å². The largest absolute Gasteiger partial charge is 0.497 e. The molecule has 0 aliphatic heterocycles. The highest BCUT2D eigenvalue weighted by atomic mass is 16.5. The first-order valence-corrected chi connectivity index (χ1v) is 9.69. The lowest BCUT2D eigenvalue weighted by Gasteiger charge is -2.12. The quantitative estimate of drug-likeness (QED) is 0.464. The number of aromatic nitrogens is 3. The lowest BCUT2D eigenvalue weighted by molar-refractivity contribution is 0.415. The molecule has 0 spiro atoms.